The molecule has 0 radical (unpaired) electrons. The van der Waals surface area contributed by atoms with Crippen molar-refractivity contribution in [2.75, 3.05) is 13.1 Å². The van der Waals surface area contributed by atoms with E-state index in [4.69, 9.17) is 0 Å². The van der Waals surface area contributed by atoms with Crippen molar-refractivity contribution >= 4 is 15.9 Å². The van der Waals surface area contributed by atoms with Gasteiger partial charge in [-0.3, -0.25) is 0 Å². The molecule has 0 bridgehead atoms. The van der Waals surface area contributed by atoms with Crippen molar-refractivity contribution in [2.24, 2.45) is 5.92 Å². The first-order chi connectivity index (χ1) is 6.81. The Bertz CT molecular complexity index is 311. The molecule has 2 rings (SSSR count). The van der Waals surface area contributed by atoms with Crippen LogP contribution in [0.1, 0.15) is 24.8 Å². The van der Waals surface area contributed by atoms with Crippen molar-refractivity contribution in [3.63, 3.8) is 0 Å². The highest BCUT2D eigenvalue weighted by Crippen LogP contribution is 2.31. The van der Waals surface area contributed by atoms with Gasteiger partial charge in [-0.25, -0.2) is 0 Å². The summed E-state index contributed by atoms with van der Waals surface area (Å²) in [5, 5.41) is 3.48. The Balaban J connectivity index is 2.21. The smallest absolute Gasteiger partial charge is 0.0178 e. The van der Waals surface area contributed by atoms with Gasteiger partial charge in [-0.15, -0.1) is 0 Å². The van der Waals surface area contributed by atoms with Gasteiger partial charge >= 0.3 is 0 Å². The minimum atomic E-state index is 0.706. The summed E-state index contributed by atoms with van der Waals surface area (Å²) in [6, 6.07) is 8.71. The quantitative estimate of drug-likeness (QED) is 0.854. The number of nitrogens with one attached hydrogen (secondary N) is 1. The van der Waals surface area contributed by atoms with E-state index in [2.05, 4.69) is 52.4 Å². The van der Waals surface area contributed by atoms with Gasteiger partial charge in [0, 0.05) is 16.9 Å². The fraction of sp³-hybridized carbons (Fsp3) is 0.500. The summed E-state index contributed by atoms with van der Waals surface area (Å²) in [5.74, 6) is 1.52. The van der Waals surface area contributed by atoms with E-state index in [-0.39, 0.29) is 0 Å². The molecule has 0 aromatic heterocycles. The Labute approximate surface area is 94.0 Å². The lowest BCUT2D eigenvalue weighted by Gasteiger charge is -2.17. The fourth-order valence-electron chi connectivity index (χ4n) is 2.29. The van der Waals surface area contributed by atoms with E-state index in [1.165, 1.54) is 23.0 Å². The molecule has 1 aromatic carbocycles. The SMILES string of the molecule is CC[C@H]1CNC[C@@H]1c1cccc(Br)c1. The van der Waals surface area contributed by atoms with Crippen LogP contribution in [0.4, 0.5) is 0 Å². The molecule has 1 nitrogen and oxygen atoms in total. The third-order valence-electron chi connectivity index (χ3n) is 3.14. The van der Waals surface area contributed by atoms with E-state index < -0.39 is 0 Å². The highest BCUT2D eigenvalue weighted by molar-refractivity contribution is 9.10. The molecule has 1 saturated heterocycles. The predicted molar refractivity (Wildman–Crippen MR) is 63.5 cm³/mol. The summed E-state index contributed by atoms with van der Waals surface area (Å²) in [6.07, 6.45) is 1.27. The maximum Gasteiger partial charge on any atom is 0.0178 e. The molecule has 0 aliphatic carbocycles. The van der Waals surface area contributed by atoms with Crippen molar-refractivity contribution < 1.29 is 0 Å². The predicted octanol–water partition coefficient (Wildman–Crippen LogP) is 3.16. The second kappa shape index (κ2) is 4.45. The zero-order chi connectivity index (χ0) is 9.97. The summed E-state index contributed by atoms with van der Waals surface area (Å²) in [6.45, 7) is 4.59. The van der Waals surface area contributed by atoms with Crippen molar-refractivity contribution in [1.82, 2.24) is 5.32 Å². The molecule has 1 aromatic rings. The van der Waals surface area contributed by atoms with Crippen LogP contribution in [0.25, 0.3) is 0 Å². The topological polar surface area (TPSA) is 12.0 Å². The van der Waals surface area contributed by atoms with Gasteiger partial charge in [-0.05, 0) is 30.2 Å². The molecule has 0 unspecified atom stereocenters. The van der Waals surface area contributed by atoms with Gasteiger partial charge < -0.3 is 5.32 Å². The minimum Gasteiger partial charge on any atom is -0.316 e. The lowest BCUT2D eigenvalue weighted by molar-refractivity contribution is 0.502. The second-order valence-electron chi connectivity index (χ2n) is 3.99. The normalized spacial score (nSPS) is 26.7. The number of benzene rings is 1. The van der Waals surface area contributed by atoms with Crippen molar-refractivity contribution in [3.8, 4) is 0 Å². The van der Waals surface area contributed by atoms with Gasteiger partial charge in [-0.2, -0.15) is 0 Å². The largest absolute Gasteiger partial charge is 0.316 e. The molecule has 2 atom stereocenters. The van der Waals surface area contributed by atoms with Gasteiger partial charge in [0.1, 0.15) is 0 Å². The zero-order valence-corrected chi connectivity index (χ0v) is 10.0. The summed E-state index contributed by atoms with van der Waals surface area (Å²) >= 11 is 3.53. The van der Waals surface area contributed by atoms with Crippen molar-refractivity contribution in [3.05, 3.63) is 34.3 Å². The standard InChI is InChI=1S/C12H16BrN/c1-2-9-7-14-8-12(9)10-4-3-5-11(13)6-10/h3-6,9,12,14H,2,7-8H2,1H3/t9-,12-/m0/s1. The van der Waals surface area contributed by atoms with Crippen molar-refractivity contribution in [1.29, 1.82) is 0 Å². The Morgan fingerprint density at radius 2 is 2.29 bits per heavy atom. The highest BCUT2D eigenvalue weighted by Gasteiger charge is 2.26. The van der Waals surface area contributed by atoms with Crippen LogP contribution in [-0.4, -0.2) is 13.1 Å². The third kappa shape index (κ3) is 2.01. The Morgan fingerprint density at radius 1 is 1.43 bits per heavy atom. The van der Waals surface area contributed by atoms with E-state index in [0.29, 0.717) is 5.92 Å². The average molecular weight is 254 g/mol. The molecule has 1 aliphatic rings. The molecule has 0 saturated carbocycles. The number of hydrogen-bond acceptors (Lipinski definition) is 1. The van der Waals surface area contributed by atoms with E-state index in [1.54, 1.807) is 0 Å². The molecular weight excluding hydrogens is 238 g/mol. The van der Waals surface area contributed by atoms with Crippen LogP contribution in [0.3, 0.4) is 0 Å². The number of hydrogen-bond donors (Lipinski definition) is 1. The van der Waals surface area contributed by atoms with Gasteiger partial charge in [0.25, 0.3) is 0 Å². The summed E-state index contributed by atoms with van der Waals surface area (Å²) in [5.41, 5.74) is 1.47. The number of rotatable bonds is 2. The Morgan fingerprint density at radius 3 is 3.00 bits per heavy atom. The lowest BCUT2D eigenvalue weighted by atomic mass is 9.87. The molecule has 1 heterocycles. The molecule has 0 amide bonds. The van der Waals surface area contributed by atoms with E-state index in [9.17, 15) is 0 Å². The van der Waals surface area contributed by atoms with E-state index in [1.807, 2.05) is 0 Å². The van der Waals surface area contributed by atoms with Crippen LogP contribution in [0.15, 0.2) is 28.7 Å². The van der Waals surface area contributed by atoms with Gasteiger partial charge in [0.05, 0.1) is 0 Å². The summed E-state index contributed by atoms with van der Waals surface area (Å²) < 4.78 is 1.19. The fourth-order valence-corrected chi connectivity index (χ4v) is 2.71. The second-order valence-corrected chi connectivity index (χ2v) is 4.90. The maximum absolute atomic E-state index is 3.53. The molecular formula is C12H16BrN. The summed E-state index contributed by atoms with van der Waals surface area (Å²) in [7, 11) is 0. The Hall–Kier alpha value is -0.340. The third-order valence-corrected chi connectivity index (χ3v) is 3.63. The van der Waals surface area contributed by atoms with Gasteiger partial charge in [0.15, 0.2) is 0 Å². The molecule has 1 N–H and O–H groups in total. The van der Waals surface area contributed by atoms with Crippen LogP contribution in [-0.2, 0) is 0 Å². The van der Waals surface area contributed by atoms with Gasteiger partial charge in [0.2, 0.25) is 0 Å². The van der Waals surface area contributed by atoms with Crippen LogP contribution >= 0.6 is 15.9 Å². The lowest BCUT2D eigenvalue weighted by Crippen LogP contribution is -2.09. The van der Waals surface area contributed by atoms with Crippen LogP contribution < -0.4 is 5.32 Å². The number of halogens is 1. The monoisotopic (exact) mass is 253 g/mol. The van der Waals surface area contributed by atoms with E-state index >= 15 is 0 Å². The molecule has 1 fully saturated rings. The molecule has 14 heavy (non-hydrogen) atoms. The minimum absolute atomic E-state index is 0.706. The van der Waals surface area contributed by atoms with Crippen LogP contribution in [0, 0.1) is 5.92 Å². The molecule has 2 heteroatoms. The average Bonchev–Trinajstić information content (AvgIpc) is 2.65. The molecule has 0 spiro atoms. The first-order valence-corrected chi connectivity index (χ1v) is 6.06. The first kappa shape index (κ1) is 10.2. The van der Waals surface area contributed by atoms with E-state index in [0.717, 1.165) is 12.5 Å². The molecule has 1 aliphatic heterocycles. The van der Waals surface area contributed by atoms with Gasteiger partial charge in [-0.1, -0.05) is 41.4 Å². The Kier molecular flexibility index (Phi) is 3.24. The summed E-state index contributed by atoms with van der Waals surface area (Å²) in [4.78, 5) is 0. The first-order valence-electron chi connectivity index (χ1n) is 5.27. The highest BCUT2D eigenvalue weighted by atomic mass is 79.9. The van der Waals surface area contributed by atoms with Crippen LogP contribution in [0.5, 0.6) is 0 Å². The van der Waals surface area contributed by atoms with Crippen molar-refractivity contribution in [2.45, 2.75) is 19.3 Å². The molecule has 76 valence electrons. The van der Waals surface area contributed by atoms with Crippen LogP contribution in [0.2, 0.25) is 0 Å². The maximum atomic E-state index is 3.53. The zero-order valence-electron chi connectivity index (χ0n) is 8.46.